The summed E-state index contributed by atoms with van der Waals surface area (Å²) in [6.07, 6.45) is 5.46. The van der Waals surface area contributed by atoms with Crippen LogP contribution in [0.1, 0.15) is 48.6 Å². The first kappa shape index (κ1) is 25.2. The number of amides is 2. The van der Waals surface area contributed by atoms with Crippen LogP contribution in [0.25, 0.3) is 11.4 Å². The fourth-order valence-electron chi connectivity index (χ4n) is 4.71. The van der Waals surface area contributed by atoms with Gasteiger partial charge in [0.15, 0.2) is 0 Å². The van der Waals surface area contributed by atoms with Crippen LogP contribution in [0.3, 0.4) is 0 Å². The minimum Gasteiger partial charge on any atom is -0.508 e. The molecule has 38 heavy (non-hydrogen) atoms. The van der Waals surface area contributed by atoms with Crippen LogP contribution in [0.2, 0.25) is 0 Å². The van der Waals surface area contributed by atoms with Gasteiger partial charge >= 0.3 is 0 Å². The van der Waals surface area contributed by atoms with Gasteiger partial charge < -0.3 is 19.7 Å². The first-order valence-corrected chi connectivity index (χ1v) is 12.7. The van der Waals surface area contributed by atoms with Crippen LogP contribution in [0, 0.1) is 6.92 Å². The zero-order valence-corrected chi connectivity index (χ0v) is 21.2. The van der Waals surface area contributed by atoms with E-state index in [-0.39, 0.29) is 36.7 Å². The highest BCUT2D eigenvalue weighted by molar-refractivity contribution is 5.89. The lowest BCUT2D eigenvalue weighted by molar-refractivity contribution is -0.143. The number of aromatic nitrogens is 4. The van der Waals surface area contributed by atoms with Crippen molar-refractivity contribution in [3.05, 3.63) is 83.8 Å². The average molecular weight is 515 g/mol. The van der Waals surface area contributed by atoms with E-state index >= 15 is 0 Å². The zero-order valence-electron chi connectivity index (χ0n) is 21.2. The number of furan rings is 1. The summed E-state index contributed by atoms with van der Waals surface area (Å²) >= 11 is 0. The number of phenols is 1. The SMILES string of the molecule is Cc1ccc(-c2nnn(CC(=O)N(Cc3ccco3)C(C(=O)NC3CCCC3)c3ccc(O)cc3)n2)cc1. The molecule has 2 N–H and O–H groups in total. The van der Waals surface area contributed by atoms with Crippen molar-refractivity contribution in [3.8, 4) is 17.1 Å². The molecule has 2 aromatic carbocycles. The molecular weight excluding hydrogens is 484 g/mol. The molecule has 0 saturated heterocycles. The normalized spacial score (nSPS) is 14.3. The molecule has 4 aromatic rings. The fraction of sp³-hybridized carbons (Fsp3) is 0.321. The molecule has 2 amide bonds. The Kier molecular flexibility index (Phi) is 7.48. The number of carbonyl (C=O) groups excluding carboxylic acids is 2. The van der Waals surface area contributed by atoms with Crippen LogP contribution in [-0.2, 0) is 22.7 Å². The molecule has 5 rings (SSSR count). The maximum absolute atomic E-state index is 13.8. The first-order valence-electron chi connectivity index (χ1n) is 12.7. The summed E-state index contributed by atoms with van der Waals surface area (Å²) in [4.78, 5) is 30.2. The van der Waals surface area contributed by atoms with Gasteiger partial charge in [-0.05, 0) is 54.8 Å². The molecule has 1 unspecified atom stereocenters. The van der Waals surface area contributed by atoms with Crippen LogP contribution >= 0.6 is 0 Å². The van der Waals surface area contributed by atoms with Gasteiger partial charge in [-0.25, -0.2) is 0 Å². The minimum absolute atomic E-state index is 0.0645. The summed E-state index contributed by atoms with van der Waals surface area (Å²) in [5.74, 6) is 0.346. The molecular formula is C28H30N6O4. The molecule has 10 heteroatoms. The third kappa shape index (κ3) is 5.91. The Morgan fingerprint density at radius 3 is 2.53 bits per heavy atom. The van der Waals surface area contributed by atoms with Gasteiger partial charge in [0.25, 0.3) is 0 Å². The van der Waals surface area contributed by atoms with Crippen molar-refractivity contribution in [2.45, 2.75) is 57.8 Å². The Labute approximate surface area is 220 Å². The molecule has 1 saturated carbocycles. The quantitative estimate of drug-likeness (QED) is 0.348. The van der Waals surface area contributed by atoms with E-state index in [2.05, 4.69) is 20.7 Å². The monoisotopic (exact) mass is 514 g/mol. The highest BCUT2D eigenvalue weighted by Crippen LogP contribution is 2.28. The molecule has 0 spiro atoms. The van der Waals surface area contributed by atoms with Gasteiger partial charge in [-0.3, -0.25) is 9.59 Å². The molecule has 1 aliphatic rings. The van der Waals surface area contributed by atoms with E-state index in [9.17, 15) is 14.7 Å². The maximum Gasteiger partial charge on any atom is 0.247 e. The molecule has 0 radical (unpaired) electrons. The van der Waals surface area contributed by atoms with E-state index in [1.807, 2.05) is 31.2 Å². The number of phenolic OH excluding ortho intramolecular Hbond substituents is 1. The van der Waals surface area contributed by atoms with Crippen molar-refractivity contribution in [1.82, 2.24) is 30.4 Å². The third-order valence-corrected chi connectivity index (χ3v) is 6.74. The van der Waals surface area contributed by atoms with E-state index < -0.39 is 6.04 Å². The molecule has 10 nitrogen and oxygen atoms in total. The van der Waals surface area contributed by atoms with E-state index in [0.717, 1.165) is 36.8 Å². The van der Waals surface area contributed by atoms with Crippen LogP contribution in [-0.4, -0.2) is 48.1 Å². The van der Waals surface area contributed by atoms with Gasteiger partial charge in [0.1, 0.15) is 24.1 Å². The first-order chi connectivity index (χ1) is 18.5. The van der Waals surface area contributed by atoms with Gasteiger partial charge in [-0.2, -0.15) is 4.80 Å². The Balaban J connectivity index is 1.44. The number of nitrogens with zero attached hydrogens (tertiary/aromatic N) is 5. The van der Waals surface area contributed by atoms with Gasteiger partial charge in [-0.15, -0.1) is 10.2 Å². The van der Waals surface area contributed by atoms with Gasteiger partial charge in [-0.1, -0.05) is 54.8 Å². The topological polar surface area (TPSA) is 126 Å². The number of carbonyl (C=O) groups is 2. The van der Waals surface area contributed by atoms with E-state index in [1.165, 1.54) is 28.1 Å². The van der Waals surface area contributed by atoms with Gasteiger partial charge in [0, 0.05) is 11.6 Å². The van der Waals surface area contributed by atoms with Gasteiger partial charge in [0.2, 0.25) is 17.6 Å². The Morgan fingerprint density at radius 1 is 1.11 bits per heavy atom. The minimum atomic E-state index is -0.950. The Morgan fingerprint density at radius 2 is 1.84 bits per heavy atom. The summed E-state index contributed by atoms with van der Waals surface area (Å²) < 4.78 is 5.54. The number of benzene rings is 2. The van der Waals surface area contributed by atoms with Crippen molar-refractivity contribution in [2.24, 2.45) is 0 Å². The van der Waals surface area contributed by atoms with E-state index in [4.69, 9.17) is 4.42 Å². The predicted octanol–water partition coefficient (Wildman–Crippen LogP) is 3.78. The molecule has 2 aromatic heterocycles. The number of aryl methyl sites for hydroxylation is 1. The largest absolute Gasteiger partial charge is 0.508 e. The van der Waals surface area contributed by atoms with Crippen LogP contribution in [0.15, 0.2) is 71.3 Å². The van der Waals surface area contributed by atoms with Crippen molar-refractivity contribution >= 4 is 11.8 Å². The number of hydrogen-bond donors (Lipinski definition) is 2. The van der Waals surface area contributed by atoms with Crippen molar-refractivity contribution < 1.29 is 19.1 Å². The smallest absolute Gasteiger partial charge is 0.247 e. The van der Waals surface area contributed by atoms with Crippen molar-refractivity contribution in [2.75, 3.05) is 0 Å². The van der Waals surface area contributed by atoms with Crippen LogP contribution in [0.4, 0.5) is 0 Å². The second-order valence-corrected chi connectivity index (χ2v) is 9.59. The number of nitrogens with one attached hydrogen (secondary N) is 1. The second kappa shape index (κ2) is 11.3. The molecule has 2 heterocycles. The summed E-state index contributed by atoms with van der Waals surface area (Å²) in [7, 11) is 0. The Hall–Kier alpha value is -4.47. The number of hydrogen-bond acceptors (Lipinski definition) is 7. The molecule has 1 atom stereocenters. The van der Waals surface area contributed by atoms with E-state index in [1.54, 1.807) is 24.3 Å². The lowest BCUT2D eigenvalue weighted by atomic mass is 10.0. The summed E-state index contributed by atoms with van der Waals surface area (Å²) in [6.45, 7) is 1.84. The third-order valence-electron chi connectivity index (χ3n) is 6.74. The molecule has 196 valence electrons. The summed E-state index contributed by atoms with van der Waals surface area (Å²) in [6, 6.07) is 16.6. The number of tetrazole rings is 1. The zero-order chi connectivity index (χ0) is 26.5. The van der Waals surface area contributed by atoms with Crippen molar-refractivity contribution in [3.63, 3.8) is 0 Å². The van der Waals surface area contributed by atoms with Crippen LogP contribution < -0.4 is 5.32 Å². The predicted molar refractivity (Wildman–Crippen MR) is 138 cm³/mol. The van der Waals surface area contributed by atoms with Crippen LogP contribution in [0.5, 0.6) is 5.75 Å². The average Bonchev–Trinajstić information content (AvgIpc) is 3.69. The highest BCUT2D eigenvalue weighted by Gasteiger charge is 2.34. The molecule has 1 fully saturated rings. The lowest BCUT2D eigenvalue weighted by Gasteiger charge is -2.31. The van der Waals surface area contributed by atoms with Gasteiger partial charge in [0.05, 0.1) is 12.8 Å². The molecule has 1 aliphatic carbocycles. The lowest BCUT2D eigenvalue weighted by Crippen LogP contribution is -2.46. The van der Waals surface area contributed by atoms with E-state index in [0.29, 0.717) is 17.1 Å². The Bertz CT molecular complexity index is 1360. The fourth-order valence-corrected chi connectivity index (χ4v) is 4.71. The molecule has 0 aliphatic heterocycles. The van der Waals surface area contributed by atoms with Crippen molar-refractivity contribution in [1.29, 1.82) is 0 Å². The highest BCUT2D eigenvalue weighted by atomic mass is 16.3. The summed E-state index contributed by atoms with van der Waals surface area (Å²) in [5, 5.41) is 25.5. The molecule has 0 bridgehead atoms. The maximum atomic E-state index is 13.8. The number of aromatic hydroxyl groups is 1. The number of rotatable bonds is 9. The standard InChI is InChI=1S/C28H30N6O4/c1-19-8-10-21(11-9-19)27-30-32-34(31-27)18-25(36)33(17-24-7-4-16-38-24)26(20-12-14-23(35)15-13-20)28(37)29-22-5-2-3-6-22/h4,7-16,22,26,35H,2-3,5-6,17-18H2,1H3,(H,29,37). The summed E-state index contributed by atoms with van der Waals surface area (Å²) in [5.41, 5.74) is 2.48. The second-order valence-electron chi connectivity index (χ2n) is 9.59.